The normalized spacial score (nSPS) is 12.8. The Morgan fingerprint density at radius 2 is 2.18 bits per heavy atom. The molecule has 0 bridgehead atoms. The van der Waals surface area contributed by atoms with E-state index in [0.29, 0.717) is 29.7 Å². The Hall–Kier alpha value is -1.99. The molecule has 0 aliphatic carbocycles. The summed E-state index contributed by atoms with van der Waals surface area (Å²) in [5.41, 5.74) is 1.23. The van der Waals surface area contributed by atoms with Gasteiger partial charge in [-0.1, -0.05) is 0 Å². The number of rotatable bonds is 7. The van der Waals surface area contributed by atoms with Gasteiger partial charge in [0, 0.05) is 18.2 Å². The molecule has 7 heteroatoms. The Bertz CT molecular complexity index is 689. The van der Waals surface area contributed by atoms with E-state index in [4.69, 9.17) is 9.84 Å². The van der Waals surface area contributed by atoms with Crippen molar-refractivity contribution in [1.29, 1.82) is 0 Å². The molecule has 0 spiro atoms. The molecule has 2 heterocycles. The summed E-state index contributed by atoms with van der Waals surface area (Å²) in [6, 6.07) is 2.93. The maximum atomic E-state index is 11.0. The molecule has 0 radical (unpaired) electrons. The Labute approximate surface area is 130 Å². The summed E-state index contributed by atoms with van der Waals surface area (Å²) in [6.07, 6.45) is 4.56. The van der Waals surface area contributed by atoms with Crippen LogP contribution in [0.1, 0.15) is 5.69 Å². The van der Waals surface area contributed by atoms with E-state index in [9.17, 15) is 4.79 Å². The smallest absolute Gasteiger partial charge is 0.155 e. The maximum absolute atomic E-state index is 11.0. The maximum Gasteiger partial charge on any atom is 0.155 e. The number of nitrogens with zero attached hydrogens (tertiary/aromatic N) is 3. The molecule has 0 saturated heterocycles. The summed E-state index contributed by atoms with van der Waals surface area (Å²) in [6.45, 7) is 8.06. The Morgan fingerprint density at radius 1 is 1.41 bits per heavy atom. The lowest BCUT2D eigenvalue weighted by atomic mass is 10.1. The second kappa shape index (κ2) is 6.84. The summed E-state index contributed by atoms with van der Waals surface area (Å²) in [4.78, 5) is 19.3. The van der Waals surface area contributed by atoms with Crippen molar-refractivity contribution in [2.75, 3.05) is 6.61 Å². The molecule has 119 valence electrons. The van der Waals surface area contributed by atoms with Crippen LogP contribution >= 0.6 is 0 Å². The van der Waals surface area contributed by atoms with E-state index in [0.717, 1.165) is 18.9 Å². The van der Waals surface area contributed by atoms with Gasteiger partial charge in [0.1, 0.15) is 18.7 Å². The number of allylic oxidation sites excluding steroid dienone is 1. The van der Waals surface area contributed by atoms with Crippen LogP contribution in [0.4, 0.5) is 0 Å². The highest BCUT2D eigenvalue weighted by atomic mass is 28.3. The second-order valence-corrected chi connectivity index (χ2v) is 11.9. The fourth-order valence-electron chi connectivity index (χ4n) is 2.03. The third-order valence-electron chi connectivity index (χ3n) is 3.32. The summed E-state index contributed by atoms with van der Waals surface area (Å²) in [7, 11) is -1.10. The van der Waals surface area contributed by atoms with Crippen LogP contribution in [0.2, 0.25) is 25.7 Å². The van der Waals surface area contributed by atoms with Crippen molar-refractivity contribution in [2.45, 2.75) is 32.4 Å². The largest absolute Gasteiger partial charge is 0.515 e. The van der Waals surface area contributed by atoms with Gasteiger partial charge in [0.15, 0.2) is 6.29 Å². The minimum absolute atomic E-state index is 0.129. The van der Waals surface area contributed by atoms with Crippen molar-refractivity contribution < 1.29 is 14.6 Å². The molecule has 0 amide bonds. The fraction of sp³-hybridized carbons (Fsp3) is 0.400. The van der Waals surface area contributed by atoms with Gasteiger partial charge in [0.2, 0.25) is 0 Å². The Balaban J connectivity index is 2.16. The Kier molecular flexibility index (Phi) is 5.10. The zero-order chi connectivity index (χ0) is 16.2. The standard InChI is InChI=1S/C15H21N3O3Si/c1-22(2,3)7-6-21-11-18-5-4-13-14(12(8-19)9-20)16-10-17-15(13)18/h4-5,8-10,19H,6-7,11H2,1-3H3/q-1/b12-8+. The number of aldehydes is 1. The van der Waals surface area contributed by atoms with E-state index in [1.807, 2.05) is 16.8 Å². The first kappa shape index (κ1) is 16.4. The van der Waals surface area contributed by atoms with Crippen LogP contribution in [0.3, 0.4) is 0 Å². The van der Waals surface area contributed by atoms with E-state index in [2.05, 4.69) is 29.6 Å². The Morgan fingerprint density at radius 3 is 2.82 bits per heavy atom. The van der Waals surface area contributed by atoms with Gasteiger partial charge in [-0.25, -0.2) is 9.97 Å². The van der Waals surface area contributed by atoms with Gasteiger partial charge < -0.3 is 14.4 Å². The molecule has 2 aromatic rings. The second-order valence-electron chi connectivity index (χ2n) is 6.30. The first-order valence-corrected chi connectivity index (χ1v) is 10.8. The van der Waals surface area contributed by atoms with Gasteiger partial charge in [0.05, 0.1) is 17.5 Å². The predicted molar refractivity (Wildman–Crippen MR) is 88.3 cm³/mol. The minimum Gasteiger partial charge on any atom is -0.515 e. The SMILES string of the molecule is C[Si-](C)(C)CCOCn1ccc2c(/C(C=O)=C/O)ncnc21. The van der Waals surface area contributed by atoms with Crippen molar-refractivity contribution in [3.05, 3.63) is 30.5 Å². The molecule has 0 unspecified atom stereocenters. The minimum atomic E-state index is -1.10. The van der Waals surface area contributed by atoms with Crippen LogP contribution in [0.15, 0.2) is 24.9 Å². The number of fused-ring (bicyclic) bond motifs is 1. The fourth-order valence-corrected chi connectivity index (χ4v) is 2.78. The van der Waals surface area contributed by atoms with E-state index >= 15 is 0 Å². The highest BCUT2D eigenvalue weighted by Gasteiger charge is 2.12. The molecule has 0 aromatic carbocycles. The van der Waals surface area contributed by atoms with Crippen molar-refractivity contribution in [3.63, 3.8) is 0 Å². The summed E-state index contributed by atoms with van der Waals surface area (Å²) >= 11 is 0. The molecule has 6 nitrogen and oxygen atoms in total. The number of hydrogen-bond donors (Lipinski definition) is 1. The molecular formula is C15H21N3O3Si-. The molecule has 22 heavy (non-hydrogen) atoms. The number of aliphatic hydroxyl groups excluding tert-OH is 1. The van der Waals surface area contributed by atoms with E-state index in [-0.39, 0.29) is 5.57 Å². The molecule has 2 aromatic heterocycles. The zero-order valence-corrected chi connectivity index (χ0v) is 14.1. The van der Waals surface area contributed by atoms with E-state index < -0.39 is 8.07 Å². The number of carbonyl (C=O) groups is 1. The van der Waals surface area contributed by atoms with Gasteiger partial charge in [-0.05, 0) is 6.07 Å². The molecular weight excluding hydrogens is 298 g/mol. The quantitative estimate of drug-likeness (QED) is 0.279. The zero-order valence-electron chi connectivity index (χ0n) is 13.1. The van der Waals surface area contributed by atoms with Crippen molar-refractivity contribution >= 4 is 31.0 Å². The first-order valence-electron chi connectivity index (χ1n) is 7.14. The van der Waals surface area contributed by atoms with Crippen LogP contribution in [0.25, 0.3) is 16.6 Å². The third-order valence-corrected chi connectivity index (χ3v) is 5.03. The average Bonchev–Trinajstić information content (AvgIpc) is 2.88. The molecule has 1 N–H and O–H groups in total. The predicted octanol–water partition coefficient (Wildman–Crippen LogP) is 2.84. The van der Waals surface area contributed by atoms with Gasteiger partial charge >= 0.3 is 0 Å². The molecule has 0 atom stereocenters. The molecule has 0 aliphatic rings. The topological polar surface area (TPSA) is 77.2 Å². The van der Waals surface area contributed by atoms with Crippen LogP contribution in [-0.4, -0.2) is 40.6 Å². The lowest BCUT2D eigenvalue weighted by molar-refractivity contribution is -0.103. The number of aliphatic hydroxyl groups is 1. The third kappa shape index (κ3) is 3.80. The lowest BCUT2D eigenvalue weighted by Crippen LogP contribution is -2.22. The molecule has 2 rings (SSSR count). The van der Waals surface area contributed by atoms with Crippen molar-refractivity contribution in [3.8, 4) is 0 Å². The molecule has 0 fully saturated rings. The summed E-state index contributed by atoms with van der Waals surface area (Å²) in [5, 5.41) is 9.83. The van der Waals surface area contributed by atoms with Crippen LogP contribution < -0.4 is 0 Å². The molecule has 0 saturated carbocycles. The first-order chi connectivity index (χ1) is 10.5. The summed E-state index contributed by atoms with van der Waals surface area (Å²) in [5.74, 6) is 0. The molecule has 0 aliphatic heterocycles. The van der Waals surface area contributed by atoms with Crippen LogP contribution in [0.5, 0.6) is 0 Å². The highest BCUT2D eigenvalue weighted by molar-refractivity contribution is 6.76. The van der Waals surface area contributed by atoms with Gasteiger partial charge in [-0.2, -0.15) is 19.6 Å². The van der Waals surface area contributed by atoms with Gasteiger partial charge in [-0.15, -0.1) is 14.1 Å². The van der Waals surface area contributed by atoms with Crippen LogP contribution in [0, 0.1) is 0 Å². The van der Waals surface area contributed by atoms with Crippen LogP contribution in [-0.2, 0) is 16.3 Å². The summed E-state index contributed by atoms with van der Waals surface area (Å²) < 4.78 is 7.58. The number of hydrogen-bond acceptors (Lipinski definition) is 5. The highest BCUT2D eigenvalue weighted by Crippen LogP contribution is 2.21. The average molecular weight is 319 g/mol. The lowest BCUT2D eigenvalue weighted by Gasteiger charge is -2.26. The number of aromatic nitrogens is 3. The van der Waals surface area contributed by atoms with Gasteiger partial charge in [-0.3, -0.25) is 4.79 Å². The van der Waals surface area contributed by atoms with Crippen molar-refractivity contribution in [2.24, 2.45) is 0 Å². The van der Waals surface area contributed by atoms with Gasteiger partial charge in [0.25, 0.3) is 0 Å². The van der Waals surface area contributed by atoms with E-state index in [1.54, 1.807) is 0 Å². The number of carbonyl (C=O) groups excluding carboxylic acids is 1. The monoisotopic (exact) mass is 319 g/mol. The van der Waals surface area contributed by atoms with E-state index in [1.165, 1.54) is 6.33 Å². The number of ether oxygens (including phenoxy) is 1. The van der Waals surface area contributed by atoms with Crippen molar-refractivity contribution in [1.82, 2.24) is 14.5 Å².